The maximum atomic E-state index is 8.91. The second-order valence-corrected chi connectivity index (χ2v) is 2.67. The van der Waals surface area contributed by atoms with Crippen molar-refractivity contribution in [3.8, 4) is 11.9 Å². The fourth-order valence-corrected chi connectivity index (χ4v) is 1.11. The van der Waals surface area contributed by atoms with Crippen LogP contribution in [0.3, 0.4) is 0 Å². The van der Waals surface area contributed by atoms with Crippen molar-refractivity contribution < 1.29 is 4.74 Å². The molecule has 0 aliphatic rings. The largest absolute Gasteiger partial charge is 0.480 e. The third kappa shape index (κ3) is 2.26. The third-order valence-corrected chi connectivity index (χ3v) is 1.75. The predicted octanol–water partition coefficient (Wildman–Crippen LogP) is 0.830. The highest BCUT2D eigenvalue weighted by Gasteiger charge is 2.13. The van der Waals surface area contributed by atoms with Crippen LogP contribution in [0.1, 0.15) is 12.5 Å². The van der Waals surface area contributed by atoms with Gasteiger partial charge in [0.1, 0.15) is 6.07 Å². The lowest BCUT2D eigenvalue weighted by molar-refractivity contribution is 0.396. The number of hydrogen-bond acceptors (Lipinski definition) is 6. The van der Waals surface area contributed by atoms with Gasteiger partial charge in [-0.25, -0.2) is 0 Å². The second kappa shape index (κ2) is 5.00. The smallest absolute Gasteiger partial charge is 0.238 e. The van der Waals surface area contributed by atoms with E-state index in [2.05, 4.69) is 20.6 Å². The molecular formula is C9H13N5O. The molecule has 0 aliphatic heterocycles. The Morgan fingerprint density at radius 3 is 2.67 bits per heavy atom. The van der Waals surface area contributed by atoms with E-state index >= 15 is 0 Å². The molecule has 1 aromatic rings. The molecular weight excluding hydrogens is 194 g/mol. The average molecular weight is 207 g/mol. The molecule has 1 rings (SSSR count). The number of nitrogens with zero attached hydrogens (tertiary/aromatic N) is 3. The molecule has 0 unspecified atom stereocenters. The summed E-state index contributed by atoms with van der Waals surface area (Å²) in [6.07, 6.45) is 0. The summed E-state index contributed by atoms with van der Waals surface area (Å²) in [5.41, 5.74) is 0.307. The molecule has 6 heteroatoms. The first-order valence-electron chi connectivity index (χ1n) is 4.54. The van der Waals surface area contributed by atoms with E-state index in [9.17, 15) is 0 Å². The van der Waals surface area contributed by atoms with Crippen LogP contribution in [0.5, 0.6) is 5.88 Å². The Morgan fingerprint density at radius 1 is 1.47 bits per heavy atom. The molecule has 0 atom stereocenters. The number of ether oxygens (including phenoxy) is 1. The molecule has 6 nitrogen and oxygen atoms in total. The predicted molar refractivity (Wildman–Crippen MR) is 57.0 cm³/mol. The van der Waals surface area contributed by atoms with Crippen LogP contribution >= 0.6 is 0 Å². The maximum Gasteiger partial charge on any atom is 0.238 e. The first-order valence-corrected chi connectivity index (χ1v) is 4.54. The molecule has 0 aromatic carbocycles. The molecule has 1 aromatic heterocycles. The van der Waals surface area contributed by atoms with E-state index < -0.39 is 0 Å². The van der Waals surface area contributed by atoms with Crippen LogP contribution in [0.25, 0.3) is 0 Å². The number of nitrogens with one attached hydrogen (secondary N) is 2. The van der Waals surface area contributed by atoms with Crippen molar-refractivity contribution in [1.29, 1.82) is 5.26 Å². The number of rotatable bonds is 4. The Morgan fingerprint density at radius 2 is 2.20 bits per heavy atom. The molecule has 1 heterocycles. The number of aromatic nitrogens is 2. The van der Waals surface area contributed by atoms with E-state index in [4.69, 9.17) is 10.00 Å². The summed E-state index contributed by atoms with van der Waals surface area (Å²) in [4.78, 5) is 8.18. The molecule has 0 saturated carbocycles. The first-order chi connectivity index (χ1) is 7.26. The summed E-state index contributed by atoms with van der Waals surface area (Å²) in [7, 11) is 3.16. The van der Waals surface area contributed by atoms with Crippen molar-refractivity contribution in [1.82, 2.24) is 9.97 Å². The van der Waals surface area contributed by atoms with Crippen LogP contribution in [0.15, 0.2) is 0 Å². The van der Waals surface area contributed by atoms with Crippen LogP contribution in [-0.2, 0) is 0 Å². The van der Waals surface area contributed by atoms with Crippen molar-refractivity contribution in [2.24, 2.45) is 0 Å². The van der Waals surface area contributed by atoms with Crippen LogP contribution in [0.2, 0.25) is 0 Å². The molecule has 0 radical (unpaired) electrons. The standard InChI is InChI=1S/C9H13N5O/c1-4-12-9-13-7(11-2)6(5-10)8(14-9)15-3/h4H2,1-3H3,(H2,11,12,13,14). The van der Waals surface area contributed by atoms with Crippen LogP contribution in [0, 0.1) is 11.3 Å². The van der Waals surface area contributed by atoms with E-state index in [1.165, 1.54) is 7.11 Å². The molecule has 0 amide bonds. The molecule has 80 valence electrons. The van der Waals surface area contributed by atoms with Gasteiger partial charge in [-0.05, 0) is 6.92 Å². The molecule has 0 fully saturated rings. The highest BCUT2D eigenvalue weighted by molar-refractivity contribution is 5.59. The molecule has 2 N–H and O–H groups in total. The molecule has 0 aliphatic carbocycles. The monoisotopic (exact) mass is 207 g/mol. The van der Waals surface area contributed by atoms with E-state index in [1.807, 2.05) is 13.0 Å². The zero-order chi connectivity index (χ0) is 11.3. The number of hydrogen-bond donors (Lipinski definition) is 2. The van der Waals surface area contributed by atoms with Crippen molar-refractivity contribution >= 4 is 11.8 Å². The van der Waals surface area contributed by atoms with Gasteiger partial charge >= 0.3 is 0 Å². The van der Waals surface area contributed by atoms with E-state index in [0.29, 0.717) is 23.9 Å². The maximum absolute atomic E-state index is 8.91. The van der Waals surface area contributed by atoms with Crippen LogP contribution in [-0.4, -0.2) is 30.7 Å². The van der Waals surface area contributed by atoms with Gasteiger partial charge in [0.25, 0.3) is 0 Å². The zero-order valence-corrected chi connectivity index (χ0v) is 8.96. The fraction of sp³-hybridized carbons (Fsp3) is 0.444. The lowest BCUT2D eigenvalue weighted by Crippen LogP contribution is -2.08. The minimum absolute atomic E-state index is 0.271. The average Bonchev–Trinajstić information content (AvgIpc) is 2.28. The van der Waals surface area contributed by atoms with Gasteiger partial charge in [0.2, 0.25) is 11.8 Å². The Balaban J connectivity index is 3.24. The Kier molecular flexibility index (Phi) is 3.68. The molecule has 15 heavy (non-hydrogen) atoms. The normalized spacial score (nSPS) is 9.20. The molecule has 0 bridgehead atoms. The number of anilines is 2. The topological polar surface area (TPSA) is 82.9 Å². The van der Waals surface area contributed by atoms with Gasteiger partial charge in [-0.3, -0.25) is 0 Å². The Bertz CT molecular complexity index is 360. The highest BCUT2D eigenvalue weighted by Crippen LogP contribution is 2.23. The van der Waals surface area contributed by atoms with Gasteiger partial charge < -0.3 is 15.4 Å². The number of methoxy groups -OCH3 is 1. The lowest BCUT2D eigenvalue weighted by atomic mass is 10.3. The summed E-state index contributed by atoms with van der Waals surface area (Å²) >= 11 is 0. The van der Waals surface area contributed by atoms with E-state index in [1.54, 1.807) is 7.05 Å². The summed E-state index contributed by atoms with van der Waals surface area (Å²) in [6, 6.07) is 2.00. The van der Waals surface area contributed by atoms with Crippen molar-refractivity contribution in [3.05, 3.63) is 5.56 Å². The first kappa shape index (κ1) is 11.0. The van der Waals surface area contributed by atoms with Gasteiger partial charge in [0.05, 0.1) is 7.11 Å². The van der Waals surface area contributed by atoms with Gasteiger partial charge in [-0.2, -0.15) is 15.2 Å². The summed E-state index contributed by atoms with van der Waals surface area (Å²) < 4.78 is 5.01. The van der Waals surface area contributed by atoms with Gasteiger partial charge in [-0.15, -0.1) is 0 Å². The fourth-order valence-electron chi connectivity index (χ4n) is 1.11. The SMILES string of the molecule is CCNc1nc(NC)c(C#N)c(OC)n1. The molecule has 0 saturated heterocycles. The zero-order valence-electron chi connectivity index (χ0n) is 8.96. The quantitative estimate of drug-likeness (QED) is 0.761. The minimum atomic E-state index is 0.271. The van der Waals surface area contributed by atoms with Crippen molar-refractivity contribution in [2.45, 2.75) is 6.92 Å². The second-order valence-electron chi connectivity index (χ2n) is 2.67. The van der Waals surface area contributed by atoms with Gasteiger partial charge in [0.15, 0.2) is 11.4 Å². The van der Waals surface area contributed by atoms with Crippen molar-refractivity contribution in [2.75, 3.05) is 31.3 Å². The van der Waals surface area contributed by atoms with Gasteiger partial charge in [0, 0.05) is 13.6 Å². The highest BCUT2D eigenvalue weighted by atomic mass is 16.5. The summed E-state index contributed by atoms with van der Waals surface area (Å²) in [6.45, 7) is 2.64. The summed E-state index contributed by atoms with van der Waals surface area (Å²) in [5.74, 6) is 1.17. The summed E-state index contributed by atoms with van der Waals surface area (Å²) in [5, 5.41) is 14.7. The minimum Gasteiger partial charge on any atom is -0.480 e. The number of nitriles is 1. The lowest BCUT2D eigenvalue weighted by Gasteiger charge is -2.09. The van der Waals surface area contributed by atoms with E-state index in [-0.39, 0.29) is 5.88 Å². The van der Waals surface area contributed by atoms with Gasteiger partial charge in [-0.1, -0.05) is 0 Å². The van der Waals surface area contributed by atoms with Crippen LogP contribution in [0.4, 0.5) is 11.8 Å². The Hall–Kier alpha value is -2.03. The van der Waals surface area contributed by atoms with Crippen LogP contribution < -0.4 is 15.4 Å². The van der Waals surface area contributed by atoms with Crippen molar-refractivity contribution in [3.63, 3.8) is 0 Å². The third-order valence-electron chi connectivity index (χ3n) is 1.75. The van der Waals surface area contributed by atoms with E-state index in [0.717, 1.165) is 0 Å². The Labute approximate surface area is 88.3 Å². The molecule has 0 spiro atoms.